The van der Waals surface area contributed by atoms with Crippen molar-refractivity contribution >= 4 is 23.3 Å². The topological polar surface area (TPSA) is 84.9 Å². The first-order valence-electron chi connectivity index (χ1n) is 10.3. The number of benzene rings is 2. The summed E-state index contributed by atoms with van der Waals surface area (Å²) < 4.78 is 23.9. The summed E-state index contributed by atoms with van der Waals surface area (Å²) in [6, 6.07) is 10.6. The molecule has 1 aliphatic carbocycles. The highest BCUT2D eigenvalue weighted by Gasteiger charge is 2.27. The summed E-state index contributed by atoms with van der Waals surface area (Å²) in [5.74, 6) is -0.0000252. The molecule has 2 aliphatic rings. The quantitative estimate of drug-likeness (QED) is 0.624. The number of nitrogens with one attached hydrogen (secondary N) is 1. The fraction of sp³-hybridized carbons (Fsp3) is 0.348. The maximum atomic E-state index is 13.0. The Morgan fingerprint density at radius 3 is 2.68 bits per heavy atom. The molecule has 2 aromatic carbocycles. The lowest BCUT2D eigenvalue weighted by Gasteiger charge is -2.29. The Bertz CT molecular complexity index is 988. The molecule has 1 N–H and O–H groups in total. The van der Waals surface area contributed by atoms with E-state index in [1.807, 2.05) is 0 Å². The number of fused-ring (bicyclic) bond motifs is 1. The fourth-order valence-electron chi connectivity index (χ4n) is 3.31. The van der Waals surface area contributed by atoms with Gasteiger partial charge in [0.1, 0.15) is 17.3 Å². The van der Waals surface area contributed by atoms with Crippen LogP contribution in [0.15, 0.2) is 42.5 Å². The first kappa shape index (κ1) is 20.8. The standard InChI is InChI=1S/C23H23FN2O5/c24-16-4-8-18(9-5-16)30-13-20(27)15-3-10-21-19(12-15)26(23(29)14-31-21)11-1-2-22(28)25-17-6-7-17/h3-5,8-10,12,17H,1-2,6-7,11,13-14H2,(H,25,28). The molecule has 8 heteroatoms. The summed E-state index contributed by atoms with van der Waals surface area (Å²) in [5, 5.41) is 2.93. The van der Waals surface area contributed by atoms with Crippen molar-refractivity contribution in [2.24, 2.45) is 0 Å². The van der Waals surface area contributed by atoms with Crippen LogP contribution in [0.3, 0.4) is 0 Å². The van der Waals surface area contributed by atoms with Crippen LogP contribution in [0, 0.1) is 5.82 Å². The van der Waals surface area contributed by atoms with Crippen molar-refractivity contribution < 1.29 is 28.2 Å². The number of ether oxygens (including phenoxy) is 2. The van der Waals surface area contributed by atoms with E-state index in [1.54, 1.807) is 23.1 Å². The highest BCUT2D eigenvalue weighted by Crippen LogP contribution is 2.33. The van der Waals surface area contributed by atoms with Crippen LogP contribution in [-0.2, 0) is 9.59 Å². The van der Waals surface area contributed by atoms with Gasteiger partial charge in [-0.25, -0.2) is 4.39 Å². The van der Waals surface area contributed by atoms with E-state index < -0.39 is 0 Å². The monoisotopic (exact) mass is 426 g/mol. The lowest BCUT2D eigenvalue weighted by molar-refractivity contribution is -0.122. The van der Waals surface area contributed by atoms with Crippen LogP contribution >= 0.6 is 0 Å². The normalized spacial score (nSPS) is 15.1. The van der Waals surface area contributed by atoms with Gasteiger partial charge in [0.15, 0.2) is 19.0 Å². The minimum atomic E-state index is -0.386. The van der Waals surface area contributed by atoms with Gasteiger partial charge in [0.25, 0.3) is 5.91 Å². The Labute approximate surface area is 179 Å². The average molecular weight is 426 g/mol. The van der Waals surface area contributed by atoms with Crippen molar-refractivity contribution in [2.75, 3.05) is 24.7 Å². The number of anilines is 1. The maximum absolute atomic E-state index is 13.0. The van der Waals surface area contributed by atoms with Gasteiger partial charge < -0.3 is 19.7 Å². The van der Waals surface area contributed by atoms with Crippen molar-refractivity contribution in [1.29, 1.82) is 0 Å². The molecular formula is C23H23FN2O5. The largest absolute Gasteiger partial charge is 0.485 e. The second kappa shape index (κ2) is 9.16. The Morgan fingerprint density at radius 1 is 1.16 bits per heavy atom. The van der Waals surface area contributed by atoms with E-state index in [-0.39, 0.29) is 36.6 Å². The number of carbonyl (C=O) groups excluding carboxylic acids is 3. The molecule has 7 nitrogen and oxygen atoms in total. The summed E-state index contributed by atoms with van der Waals surface area (Å²) in [7, 11) is 0. The third-order valence-corrected chi connectivity index (χ3v) is 5.14. The zero-order valence-corrected chi connectivity index (χ0v) is 16.9. The number of ketones is 1. The van der Waals surface area contributed by atoms with Crippen molar-refractivity contribution in [3.05, 3.63) is 53.8 Å². The highest BCUT2D eigenvalue weighted by atomic mass is 19.1. The second-order valence-corrected chi connectivity index (χ2v) is 7.63. The number of amides is 2. The molecule has 2 amide bonds. The summed E-state index contributed by atoms with van der Waals surface area (Å²) >= 11 is 0. The molecule has 1 fully saturated rings. The van der Waals surface area contributed by atoms with E-state index in [4.69, 9.17) is 9.47 Å². The number of carbonyl (C=O) groups is 3. The van der Waals surface area contributed by atoms with Gasteiger partial charge in [-0.1, -0.05) is 0 Å². The Morgan fingerprint density at radius 2 is 1.94 bits per heavy atom. The molecule has 0 aromatic heterocycles. The Hall–Kier alpha value is -3.42. The van der Waals surface area contributed by atoms with Gasteiger partial charge in [-0.3, -0.25) is 14.4 Å². The first-order chi connectivity index (χ1) is 15.0. The molecule has 0 saturated heterocycles. The molecule has 1 saturated carbocycles. The summed E-state index contributed by atoms with van der Waals surface area (Å²) in [5.41, 5.74) is 0.877. The van der Waals surface area contributed by atoms with Gasteiger partial charge in [-0.15, -0.1) is 0 Å². The minimum absolute atomic E-state index is 0.00898. The molecule has 0 bridgehead atoms. The molecule has 0 atom stereocenters. The molecule has 162 valence electrons. The van der Waals surface area contributed by atoms with Crippen LogP contribution in [-0.4, -0.2) is 43.4 Å². The van der Waals surface area contributed by atoms with Gasteiger partial charge in [0.05, 0.1) is 5.69 Å². The van der Waals surface area contributed by atoms with Crippen molar-refractivity contribution in [3.8, 4) is 11.5 Å². The zero-order valence-electron chi connectivity index (χ0n) is 16.9. The van der Waals surface area contributed by atoms with Crippen LogP contribution < -0.4 is 19.7 Å². The smallest absolute Gasteiger partial charge is 0.265 e. The fourth-order valence-corrected chi connectivity index (χ4v) is 3.31. The summed E-state index contributed by atoms with van der Waals surface area (Å²) in [6.07, 6.45) is 2.90. The Kier molecular flexibility index (Phi) is 6.16. The molecule has 1 aliphatic heterocycles. The third-order valence-electron chi connectivity index (χ3n) is 5.14. The molecule has 1 heterocycles. The van der Waals surface area contributed by atoms with E-state index in [1.165, 1.54) is 24.3 Å². The molecule has 0 unspecified atom stereocenters. The van der Waals surface area contributed by atoms with E-state index >= 15 is 0 Å². The predicted molar refractivity (Wildman–Crippen MR) is 111 cm³/mol. The number of hydrogen-bond acceptors (Lipinski definition) is 5. The van der Waals surface area contributed by atoms with E-state index in [2.05, 4.69) is 5.32 Å². The third kappa shape index (κ3) is 5.39. The molecule has 2 aromatic rings. The predicted octanol–water partition coefficient (Wildman–Crippen LogP) is 2.87. The maximum Gasteiger partial charge on any atom is 0.265 e. The molecule has 0 radical (unpaired) electrons. The van der Waals surface area contributed by atoms with Crippen molar-refractivity contribution in [1.82, 2.24) is 5.32 Å². The van der Waals surface area contributed by atoms with Gasteiger partial charge in [0.2, 0.25) is 5.91 Å². The highest BCUT2D eigenvalue weighted by molar-refractivity contribution is 6.02. The van der Waals surface area contributed by atoms with Gasteiger partial charge in [-0.05, 0) is 61.7 Å². The van der Waals surface area contributed by atoms with Gasteiger partial charge >= 0.3 is 0 Å². The average Bonchev–Trinajstić information content (AvgIpc) is 3.58. The number of halogens is 1. The Balaban J connectivity index is 1.39. The minimum Gasteiger partial charge on any atom is -0.485 e. The number of Topliss-reactive ketones (excluding diaryl/α,β-unsaturated/α-hetero) is 1. The SMILES string of the molecule is O=C(CCCN1C(=O)COc2ccc(C(=O)COc3ccc(F)cc3)cc21)NC1CC1. The van der Waals surface area contributed by atoms with Crippen LogP contribution in [0.5, 0.6) is 11.5 Å². The van der Waals surface area contributed by atoms with Crippen LogP contribution in [0.1, 0.15) is 36.0 Å². The lowest BCUT2D eigenvalue weighted by atomic mass is 10.1. The van der Waals surface area contributed by atoms with Crippen molar-refractivity contribution in [3.63, 3.8) is 0 Å². The number of hydrogen-bond donors (Lipinski definition) is 1. The van der Waals surface area contributed by atoms with Gasteiger partial charge in [0, 0.05) is 24.6 Å². The summed E-state index contributed by atoms with van der Waals surface area (Å²) in [6.45, 7) is 0.0554. The first-order valence-corrected chi connectivity index (χ1v) is 10.3. The van der Waals surface area contributed by atoms with Crippen LogP contribution in [0.25, 0.3) is 0 Å². The molecular weight excluding hydrogens is 403 g/mol. The molecule has 4 rings (SSSR count). The summed E-state index contributed by atoms with van der Waals surface area (Å²) in [4.78, 5) is 38.4. The van der Waals surface area contributed by atoms with E-state index in [0.29, 0.717) is 48.2 Å². The zero-order chi connectivity index (χ0) is 21.8. The lowest BCUT2D eigenvalue weighted by Crippen LogP contribution is -2.40. The van der Waals surface area contributed by atoms with Crippen LogP contribution in [0.2, 0.25) is 0 Å². The number of rotatable bonds is 9. The number of nitrogens with zero attached hydrogens (tertiary/aromatic N) is 1. The second-order valence-electron chi connectivity index (χ2n) is 7.63. The molecule has 0 spiro atoms. The van der Waals surface area contributed by atoms with Gasteiger partial charge in [-0.2, -0.15) is 0 Å². The van der Waals surface area contributed by atoms with Crippen molar-refractivity contribution in [2.45, 2.75) is 31.7 Å². The van der Waals surface area contributed by atoms with E-state index in [9.17, 15) is 18.8 Å². The van der Waals surface area contributed by atoms with E-state index in [0.717, 1.165) is 12.8 Å². The molecule has 31 heavy (non-hydrogen) atoms. The van der Waals surface area contributed by atoms with Crippen LogP contribution in [0.4, 0.5) is 10.1 Å².